The first-order valence-electron chi connectivity index (χ1n) is 10.4. The fourth-order valence-corrected chi connectivity index (χ4v) is 5.77. The highest BCUT2D eigenvalue weighted by atomic mass is 127. The Morgan fingerprint density at radius 1 is 0.594 bits per heavy atom. The van der Waals surface area contributed by atoms with Crippen LogP contribution in [0.4, 0.5) is 0 Å². The Labute approximate surface area is 203 Å². The number of hydrogen-bond donors (Lipinski definition) is 0. The molecule has 0 saturated heterocycles. The third-order valence-corrected chi connectivity index (χ3v) is 7.31. The molecule has 0 aliphatic rings. The van der Waals surface area contributed by atoms with Gasteiger partial charge in [0.05, 0.1) is 5.69 Å². The highest BCUT2D eigenvalue weighted by molar-refractivity contribution is 14.1. The summed E-state index contributed by atoms with van der Waals surface area (Å²) in [5.41, 5.74) is 5.53. The van der Waals surface area contributed by atoms with Gasteiger partial charge in [-0.25, -0.2) is 9.97 Å². The molecule has 2 nitrogen and oxygen atoms in total. The van der Waals surface area contributed by atoms with Gasteiger partial charge < -0.3 is 0 Å². The van der Waals surface area contributed by atoms with Gasteiger partial charge >= 0.3 is 0 Å². The summed E-state index contributed by atoms with van der Waals surface area (Å²) in [5, 5.41) is 2.65. The van der Waals surface area contributed by atoms with Crippen molar-refractivity contribution in [3.63, 3.8) is 0 Å². The highest BCUT2D eigenvalue weighted by Gasteiger charge is 2.12. The van der Waals surface area contributed by atoms with Crippen LogP contribution in [0.1, 0.15) is 0 Å². The van der Waals surface area contributed by atoms with E-state index in [9.17, 15) is 0 Å². The zero-order valence-electron chi connectivity index (χ0n) is 17.0. The Balaban J connectivity index is 1.44. The van der Waals surface area contributed by atoms with Crippen molar-refractivity contribution >= 4 is 54.1 Å². The molecule has 0 radical (unpaired) electrons. The van der Waals surface area contributed by atoms with E-state index in [1.807, 2.05) is 35.6 Å². The second-order valence-corrected chi connectivity index (χ2v) is 9.81. The second kappa shape index (κ2) is 8.11. The number of halogens is 1. The molecule has 2 aromatic heterocycles. The molecule has 0 N–H and O–H groups in total. The summed E-state index contributed by atoms with van der Waals surface area (Å²) in [4.78, 5) is 9.54. The van der Waals surface area contributed by atoms with E-state index in [0.29, 0.717) is 0 Å². The van der Waals surface area contributed by atoms with Crippen molar-refractivity contribution in [2.45, 2.75) is 0 Å². The van der Waals surface area contributed by atoms with E-state index in [1.165, 1.54) is 31.3 Å². The minimum absolute atomic E-state index is 0.751. The van der Waals surface area contributed by atoms with E-state index in [1.54, 1.807) is 0 Å². The highest BCUT2D eigenvalue weighted by Crippen LogP contribution is 2.40. The molecule has 0 aliphatic carbocycles. The average molecular weight is 540 g/mol. The van der Waals surface area contributed by atoms with Crippen LogP contribution in [0, 0.1) is 3.70 Å². The standard InChI is InChI=1S/C28H17IN2S/c29-26-17-23(19-7-2-1-3-8-19)30-28(31-26)20-15-13-18(14-16-20)21-10-6-12-25-27(21)22-9-4-5-11-24(22)32-25/h1-17H. The third kappa shape index (κ3) is 3.49. The van der Waals surface area contributed by atoms with Gasteiger partial charge in [-0.05, 0) is 51.9 Å². The topological polar surface area (TPSA) is 25.8 Å². The fraction of sp³-hybridized carbons (Fsp3) is 0. The maximum absolute atomic E-state index is 4.84. The van der Waals surface area contributed by atoms with Crippen LogP contribution in [0.2, 0.25) is 0 Å². The Morgan fingerprint density at radius 2 is 1.31 bits per heavy atom. The molecule has 0 amide bonds. The van der Waals surface area contributed by atoms with E-state index in [0.717, 1.165) is 26.3 Å². The summed E-state index contributed by atoms with van der Waals surface area (Å²) in [6, 6.07) is 36.1. The molecular weight excluding hydrogens is 523 g/mol. The molecule has 4 heteroatoms. The number of thiophene rings is 1. The van der Waals surface area contributed by atoms with E-state index in [4.69, 9.17) is 9.97 Å². The van der Waals surface area contributed by atoms with Crippen molar-refractivity contribution in [3.8, 4) is 33.8 Å². The summed E-state index contributed by atoms with van der Waals surface area (Å²) in [6.07, 6.45) is 0. The van der Waals surface area contributed by atoms with Crippen molar-refractivity contribution in [1.82, 2.24) is 9.97 Å². The molecule has 32 heavy (non-hydrogen) atoms. The summed E-state index contributed by atoms with van der Waals surface area (Å²) in [7, 11) is 0. The number of benzene rings is 4. The van der Waals surface area contributed by atoms with Gasteiger partial charge in [0, 0.05) is 31.3 Å². The minimum atomic E-state index is 0.751. The van der Waals surface area contributed by atoms with Gasteiger partial charge in [0.2, 0.25) is 0 Å². The fourth-order valence-electron chi connectivity index (χ4n) is 4.12. The molecule has 0 atom stereocenters. The van der Waals surface area contributed by atoms with E-state index >= 15 is 0 Å². The molecule has 0 spiro atoms. The lowest BCUT2D eigenvalue weighted by molar-refractivity contribution is 1.15. The Bertz CT molecular complexity index is 1570. The van der Waals surface area contributed by atoms with Crippen LogP contribution in [0.25, 0.3) is 53.9 Å². The van der Waals surface area contributed by atoms with Crippen molar-refractivity contribution in [1.29, 1.82) is 0 Å². The summed E-state index contributed by atoms with van der Waals surface area (Å²) in [5.74, 6) is 0.751. The molecule has 0 unspecified atom stereocenters. The minimum Gasteiger partial charge on any atom is -0.228 e. The van der Waals surface area contributed by atoms with Gasteiger partial charge in [-0.3, -0.25) is 0 Å². The van der Waals surface area contributed by atoms with Crippen LogP contribution in [0.3, 0.4) is 0 Å². The lowest BCUT2D eigenvalue weighted by Crippen LogP contribution is -1.95. The van der Waals surface area contributed by atoms with Gasteiger partial charge in [-0.2, -0.15) is 0 Å². The normalized spacial score (nSPS) is 11.3. The molecule has 0 bridgehead atoms. The number of aromatic nitrogens is 2. The number of nitrogens with zero attached hydrogens (tertiary/aromatic N) is 2. The lowest BCUT2D eigenvalue weighted by atomic mass is 9.98. The maximum Gasteiger partial charge on any atom is 0.160 e. The third-order valence-electron chi connectivity index (χ3n) is 5.62. The van der Waals surface area contributed by atoms with Crippen LogP contribution in [-0.2, 0) is 0 Å². The van der Waals surface area contributed by atoms with Crippen LogP contribution in [-0.4, -0.2) is 9.97 Å². The summed E-state index contributed by atoms with van der Waals surface area (Å²) < 4.78 is 3.58. The maximum atomic E-state index is 4.84. The first kappa shape index (κ1) is 19.6. The first-order valence-corrected chi connectivity index (χ1v) is 12.3. The molecule has 0 saturated carbocycles. The zero-order valence-corrected chi connectivity index (χ0v) is 20.0. The van der Waals surface area contributed by atoms with E-state index < -0.39 is 0 Å². The van der Waals surface area contributed by atoms with Gasteiger partial charge in [0.15, 0.2) is 5.82 Å². The average Bonchev–Trinajstić information content (AvgIpc) is 3.23. The van der Waals surface area contributed by atoms with Gasteiger partial charge in [0.25, 0.3) is 0 Å². The molecule has 4 aromatic carbocycles. The van der Waals surface area contributed by atoms with E-state index in [2.05, 4.69) is 101 Å². The smallest absolute Gasteiger partial charge is 0.160 e. The summed E-state index contributed by atoms with van der Waals surface area (Å²) in [6.45, 7) is 0. The Kier molecular flexibility index (Phi) is 4.97. The van der Waals surface area contributed by atoms with Gasteiger partial charge in [0.1, 0.15) is 3.70 Å². The summed E-state index contributed by atoms with van der Waals surface area (Å²) >= 11 is 4.12. The number of rotatable bonds is 3. The monoisotopic (exact) mass is 540 g/mol. The van der Waals surface area contributed by atoms with Crippen molar-refractivity contribution < 1.29 is 0 Å². The Hall–Kier alpha value is -3.09. The number of fused-ring (bicyclic) bond motifs is 3. The largest absolute Gasteiger partial charge is 0.228 e. The second-order valence-electron chi connectivity index (χ2n) is 7.62. The van der Waals surface area contributed by atoms with Crippen LogP contribution in [0.5, 0.6) is 0 Å². The van der Waals surface area contributed by atoms with Crippen LogP contribution >= 0.6 is 33.9 Å². The van der Waals surface area contributed by atoms with Crippen LogP contribution < -0.4 is 0 Å². The molecule has 152 valence electrons. The van der Waals surface area contributed by atoms with Gasteiger partial charge in [-0.15, -0.1) is 11.3 Å². The Morgan fingerprint density at radius 3 is 2.16 bits per heavy atom. The molecule has 0 aliphatic heterocycles. The van der Waals surface area contributed by atoms with Crippen LogP contribution in [0.15, 0.2) is 103 Å². The lowest BCUT2D eigenvalue weighted by Gasteiger charge is -2.08. The molecule has 2 heterocycles. The molecular formula is C28H17IN2S. The van der Waals surface area contributed by atoms with Crippen molar-refractivity contribution in [2.75, 3.05) is 0 Å². The number of hydrogen-bond acceptors (Lipinski definition) is 3. The SMILES string of the molecule is Ic1cc(-c2ccccc2)nc(-c2ccc(-c3cccc4sc5ccccc5c34)cc2)n1. The predicted molar refractivity (Wildman–Crippen MR) is 144 cm³/mol. The quantitative estimate of drug-likeness (QED) is 0.166. The predicted octanol–water partition coefficient (Wildman–Crippen LogP) is 8.45. The van der Waals surface area contributed by atoms with Gasteiger partial charge in [-0.1, -0.05) is 84.9 Å². The first-order chi connectivity index (χ1) is 15.8. The zero-order chi connectivity index (χ0) is 21.5. The molecule has 6 aromatic rings. The van der Waals surface area contributed by atoms with Crippen molar-refractivity contribution in [2.24, 2.45) is 0 Å². The molecule has 6 rings (SSSR count). The van der Waals surface area contributed by atoms with Crippen molar-refractivity contribution in [3.05, 3.63) is 107 Å². The molecule has 0 fully saturated rings. The van der Waals surface area contributed by atoms with E-state index in [-0.39, 0.29) is 0 Å².